The molecule has 0 bridgehead atoms. The maximum absolute atomic E-state index is 14.3. The zero-order valence-corrected chi connectivity index (χ0v) is 17.2. The van der Waals surface area contributed by atoms with Gasteiger partial charge in [0.2, 0.25) is 12.0 Å². The number of aliphatic hydroxyl groups excluding tert-OH is 2. The van der Waals surface area contributed by atoms with Gasteiger partial charge in [0.15, 0.2) is 17.6 Å². The SMILES string of the molecule is COc1cc(C(=O)Nc2ccn([C@@H]3O[C@H](CO)[C@@H](O)C3(F)F)c(=O)n2)cc(OC)c1OC. The van der Waals surface area contributed by atoms with Crippen LogP contribution >= 0.6 is 0 Å². The molecule has 2 heterocycles. The molecule has 1 saturated heterocycles. The first-order valence-electron chi connectivity index (χ1n) is 9.20. The van der Waals surface area contributed by atoms with Gasteiger partial charge in [-0.1, -0.05) is 0 Å². The molecule has 0 aliphatic carbocycles. The van der Waals surface area contributed by atoms with Gasteiger partial charge in [-0.05, 0) is 18.2 Å². The molecule has 0 radical (unpaired) electrons. The molecule has 1 fully saturated rings. The first-order chi connectivity index (χ1) is 15.2. The third kappa shape index (κ3) is 4.09. The van der Waals surface area contributed by atoms with E-state index >= 15 is 0 Å². The number of methoxy groups -OCH3 is 3. The van der Waals surface area contributed by atoms with E-state index in [1.54, 1.807) is 0 Å². The van der Waals surface area contributed by atoms with Crippen molar-refractivity contribution < 1.29 is 42.7 Å². The van der Waals surface area contributed by atoms with Crippen LogP contribution in [0.15, 0.2) is 29.2 Å². The molecular formula is C19H21F2N3O8. The van der Waals surface area contributed by atoms with Crippen LogP contribution in [0.4, 0.5) is 14.6 Å². The van der Waals surface area contributed by atoms with Crippen LogP contribution in [-0.2, 0) is 4.74 Å². The van der Waals surface area contributed by atoms with Crippen molar-refractivity contribution in [1.82, 2.24) is 9.55 Å². The molecule has 3 atom stereocenters. The van der Waals surface area contributed by atoms with E-state index in [1.807, 2.05) is 0 Å². The average Bonchev–Trinajstić information content (AvgIpc) is 3.01. The fourth-order valence-corrected chi connectivity index (χ4v) is 3.18. The highest BCUT2D eigenvalue weighted by atomic mass is 19.3. The predicted molar refractivity (Wildman–Crippen MR) is 104 cm³/mol. The third-order valence-corrected chi connectivity index (χ3v) is 4.81. The summed E-state index contributed by atoms with van der Waals surface area (Å²) in [6.45, 7) is -0.863. The lowest BCUT2D eigenvalue weighted by Crippen LogP contribution is -2.41. The Hall–Kier alpha value is -3.29. The van der Waals surface area contributed by atoms with Gasteiger partial charge >= 0.3 is 11.6 Å². The van der Waals surface area contributed by atoms with Crippen LogP contribution in [0.2, 0.25) is 0 Å². The monoisotopic (exact) mass is 457 g/mol. The largest absolute Gasteiger partial charge is 0.493 e. The summed E-state index contributed by atoms with van der Waals surface area (Å²) < 4.78 is 49.5. The smallest absolute Gasteiger partial charge is 0.351 e. The number of hydrogen-bond acceptors (Lipinski definition) is 9. The van der Waals surface area contributed by atoms with E-state index in [0.717, 1.165) is 12.3 Å². The average molecular weight is 457 g/mol. The van der Waals surface area contributed by atoms with Gasteiger partial charge in [0.1, 0.15) is 11.9 Å². The van der Waals surface area contributed by atoms with Crippen molar-refractivity contribution in [3.8, 4) is 17.2 Å². The highest BCUT2D eigenvalue weighted by molar-refractivity contribution is 6.04. The molecule has 3 N–H and O–H groups in total. The number of nitrogens with zero attached hydrogens (tertiary/aromatic N) is 2. The predicted octanol–water partition coefficient (Wildman–Crippen LogP) is 0.407. The summed E-state index contributed by atoms with van der Waals surface area (Å²) in [4.78, 5) is 28.5. The van der Waals surface area contributed by atoms with E-state index in [0.29, 0.717) is 4.57 Å². The number of anilines is 1. The van der Waals surface area contributed by atoms with Crippen LogP contribution < -0.4 is 25.2 Å². The Kier molecular flexibility index (Phi) is 6.62. The Balaban J connectivity index is 1.85. The van der Waals surface area contributed by atoms with Crippen LogP contribution in [-0.4, -0.2) is 71.7 Å². The van der Waals surface area contributed by atoms with Gasteiger partial charge in [-0.3, -0.25) is 9.36 Å². The topological polar surface area (TPSA) is 141 Å². The summed E-state index contributed by atoms with van der Waals surface area (Å²) in [6, 6.07) is 3.86. The molecule has 3 rings (SSSR count). The molecule has 0 saturated carbocycles. The molecule has 1 aliphatic rings. The second kappa shape index (κ2) is 9.06. The van der Waals surface area contributed by atoms with Crippen LogP contribution in [0.1, 0.15) is 16.6 Å². The van der Waals surface area contributed by atoms with E-state index in [4.69, 9.17) is 24.1 Å². The molecule has 11 nitrogen and oxygen atoms in total. The van der Waals surface area contributed by atoms with Gasteiger partial charge in [0.05, 0.1) is 27.9 Å². The number of aliphatic hydroxyl groups is 2. The molecule has 174 valence electrons. The fourth-order valence-electron chi connectivity index (χ4n) is 3.18. The van der Waals surface area contributed by atoms with Gasteiger partial charge in [-0.25, -0.2) is 4.79 Å². The number of nitrogens with one attached hydrogen (secondary N) is 1. The molecule has 13 heteroatoms. The van der Waals surface area contributed by atoms with Crippen molar-refractivity contribution in [3.63, 3.8) is 0 Å². The first kappa shape index (κ1) is 23.4. The minimum absolute atomic E-state index is 0.0880. The van der Waals surface area contributed by atoms with Gasteiger partial charge < -0.3 is 34.5 Å². The summed E-state index contributed by atoms with van der Waals surface area (Å²) >= 11 is 0. The summed E-state index contributed by atoms with van der Waals surface area (Å²) in [5.41, 5.74) is -1.08. The van der Waals surface area contributed by atoms with E-state index in [2.05, 4.69) is 10.3 Å². The quantitative estimate of drug-likeness (QED) is 0.539. The number of carbonyl (C=O) groups excluding carboxylic acids is 1. The Morgan fingerprint density at radius 2 is 1.88 bits per heavy atom. The first-order valence-corrected chi connectivity index (χ1v) is 9.20. The fraction of sp³-hybridized carbons (Fsp3) is 0.421. The van der Waals surface area contributed by atoms with Gasteiger partial charge in [0, 0.05) is 11.8 Å². The number of ether oxygens (including phenoxy) is 4. The van der Waals surface area contributed by atoms with E-state index in [-0.39, 0.29) is 28.6 Å². The Labute approximate surface area is 180 Å². The van der Waals surface area contributed by atoms with Gasteiger partial charge in [0.25, 0.3) is 5.91 Å². The van der Waals surface area contributed by atoms with Crippen molar-refractivity contribution in [2.45, 2.75) is 24.4 Å². The molecule has 0 unspecified atom stereocenters. The Bertz CT molecular complexity index is 1040. The molecule has 1 aromatic heterocycles. The number of benzene rings is 1. The molecule has 0 spiro atoms. The molecule has 1 aliphatic heterocycles. The number of aromatic nitrogens is 2. The van der Waals surface area contributed by atoms with Crippen molar-refractivity contribution in [2.24, 2.45) is 0 Å². The highest BCUT2D eigenvalue weighted by Crippen LogP contribution is 2.42. The number of hydrogen-bond donors (Lipinski definition) is 3. The van der Waals surface area contributed by atoms with Crippen molar-refractivity contribution >= 4 is 11.7 Å². The Morgan fingerprint density at radius 1 is 1.25 bits per heavy atom. The van der Waals surface area contributed by atoms with Gasteiger partial charge in [-0.2, -0.15) is 13.8 Å². The number of rotatable bonds is 7. The van der Waals surface area contributed by atoms with Gasteiger partial charge in [-0.15, -0.1) is 0 Å². The summed E-state index contributed by atoms with van der Waals surface area (Å²) in [5.74, 6) is -4.04. The maximum Gasteiger partial charge on any atom is 0.351 e. The normalized spacial score (nSPS) is 21.8. The van der Waals surface area contributed by atoms with Crippen LogP contribution in [0, 0.1) is 0 Å². The number of carbonyl (C=O) groups is 1. The zero-order valence-electron chi connectivity index (χ0n) is 17.2. The van der Waals surface area contributed by atoms with Crippen molar-refractivity contribution in [3.05, 3.63) is 40.4 Å². The molecule has 1 amide bonds. The molecular weight excluding hydrogens is 436 g/mol. The summed E-state index contributed by atoms with van der Waals surface area (Å²) in [5, 5.41) is 21.0. The highest BCUT2D eigenvalue weighted by Gasteiger charge is 2.59. The van der Waals surface area contributed by atoms with Crippen molar-refractivity contribution in [1.29, 1.82) is 0 Å². The number of amides is 1. The van der Waals surface area contributed by atoms with E-state index in [9.17, 15) is 23.5 Å². The maximum atomic E-state index is 14.3. The minimum atomic E-state index is -3.85. The summed E-state index contributed by atoms with van der Waals surface area (Å²) in [7, 11) is 4.15. The number of alkyl halides is 2. The van der Waals surface area contributed by atoms with E-state index < -0.39 is 42.6 Å². The molecule has 2 aromatic rings. The van der Waals surface area contributed by atoms with Crippen LogP contribution in [0.25, 0.3) is 0 Å². The summed E-state index contributed by atoms with van der Waals surface area (Å²) in [6.07, 6.45) is -5.11. The van der Waals surface area contributed by atoms with Crippen molar-refractivity contribution in [2.75, 3.05) is 33.3 Å². The second-order valence-electron chi connectivity index (χ2n) is 6.70. The number of halogens is 2. The lowest BCUT2D eigenvalue weighted by molar-refractivity contribution is -0.140. The Morgan fingerprint density at radius 3 is 2.34 bits per heavy atom. The van der Waals surface area contributed by atoms with E-state index in [1.165, 1.54) is 33.5 Å². The minimum Gasteiger partial charge on any atom is -0.493 e. The lowest BCUT2D eigenvalue weighted by atomic mass is 10.1. The second-order valence-corrected chi connectivity index (χ2v) is 6.70. The standard InChI is InChI=1S/C19H21F2N3O8/c1-29-10-6-9(7-11(30-2)14(10)31-3)16(27)22-13-4-5-24(18(28)23-13)17-19(20,21)15(26)12(8-25)32-17/h4-7,12,15,17,25-26H,8H2,1-3H3,(H,22,23,27,28)/t12-,15-,17-/m1/s1. The molecule has 1 aromatic carbocycles. The lowest BCUT2D eigenvalue weighted by Gasteiger charge is -2.21. The zero-order chi connectivity index (χ0) is 23.6. The van der Waals surface area contributed by atoms with Crippen LogP contribution in [0.5, 0.6) is 17.2 Å². The third-order valence-electron chi connectivity index (χ3n) is 4.81. The van der Waals surface area contributed by atoms with Crippen LogP contribution in [0.3, 0.4) is 0 Å². The molecule has 32 heavy (non-hydrogen) atoms.